The first-order valence-electron chi connectivity index (χ1n) is 7.88. The van der Waals surface area contributed by atoms with Crippen LogP contribution < -0.4 is 5.32 Å². The van der Waals surface area contributed by atoms with Gasteiger partial charge in [0.2, 0.25) is 11.9 Å². The number of aliphatic hydroxyl groups is 1. The molecule has 1 aliphatic rings. The van der Waals surface area contributed by atoms with Crippen LogP contribution >= 0.6 is 0 Å². The Kier molecular flexibility index (Phi) is 4.66. The zero-order chi connectivity index (χ0) is 17.1. The third-order valence-corrected chi connectivity index (χ3v) is 3.93. The predicted molar refractivity (Wildman–Crippen MR) is 87.6 cm³/mol. The molecule has 8 heteroatoms. The van der Waals surface area contributed by atoms with Crippen molar-refractivity contribution in [2.24, 2.45) is 0 Å². The number of hydrogen-bond acceptors (Lipinski definition) is 7. The molecule has 0 aliphatic carbocycles. The van der Waals surface area contributed by atoms with Crippen LogP contribution in [0.5, 0.6) is 0 Å². The van der Waals surface area contributed by atoms with Gasteiger partial charge in [-0.1, -0.05) is 0 Å². The van der Waals surface area contributed by atoms with Crippen molar-refractivity contribution in [2.45, 2.75) is 32.7 Å². The fourth-order valence-electron chi connectivity index (χ4n) is 2.96. The van der Waals surface area contributed by atoms with Crippen LogP contribution in [0.1, 0.15) is 36.0 Å². The molecule has 3 rings (SSSR count). The summed E-state index contributed by atoms with van der Waals surface area (Å²) in [6, 6.07) is 1.74. The lowest BCUT2D eigenvalue weighted by Crippen LogP contribution is -2.33. The minimum Gasteiger partial charge on any atom is -0.387 e. The van der Waals surface area contributed by atoms with E-state index >= 15 is 0 Å². The van der Waals surface area contributed by atoms with Gasteiger partial charge in [-0.15, -0.1) is 0 Å². The molecule has 1 atom stereocenters. The number of rotatable bonds is 4. The van der Waals surface area contributed by atoms with Gasteiger partial charge in [-0.2, -0.15) is 0 Å². The van der Waals surface area contributed by atoms with E-state index in [1.807, 2.05) is 19.9 Å². The van der Waals surface area contributed by atoms with Crippen molar-refractivity contribution in [1.29, 1.82) is 0 Å². The van der Waals surface area contributed by atoms with Crippen LogP contribution in [0.4, 0.5) is 11.8 Å². The smallest absolute Gasteiger partial charge is 0.248 e. The Morgan fingerprint density at radius 1 is 1.29 bits per heavy atom. The van der Waals surface area contributed by atoms with Crippen molar-refractivity contribution < 1.29 is 9.90 Å². The molecule has 1 fully saturated rings. The molecule has 0 spiro atoms. The summed E-state index contributed by atoms with van der Waals surface area (Å²) in [7, 11) is 0. The van der Waals surface area contributed by atoms with Crippen LogP contribution in [0.2, 0.25) is 0 Å². The summed E-state index contributed by atoms with van der Waals surface area (Å²) in [6.07, 6.45) is 4.94. The molecule has 126 valence electrons. The number of anilines is 2. The van der Waals surface area contributed by atoms with E-state index in [0.29, 0.717) is 24.0 Å². The SMILES string of the molecule is Cc1cc(C)nc(Nc2cncc([C@@H]3CCCN3C(=O)CO)n2)n1. The topological polar surface area (TPSA) is 104 Å². The number of aromatic nitrogens is 4. The molecule has 24 heavy (non-hydrogen) atoms. The summed E-state index contributed by atoms with van der Waals surface area (Å²) < 4.78 is 0. The van der Waals surface area contributed by atoms with Crippen LogP contribution in [-0.2, 0) is 4.79 Å². The van der Waals surface area contributed by atoms with Crippen LogP contribution in [-0.4, -0.2) is 49.0 Å². The van der Waals surface area contributed by atoms with E-state index in [2.05, 4.69) is 25.3 Å². The molecule has 2 N–H and O–H groups in total. The molecule has 3 heterocycles. The molecule has 8 nitrogen and oxygen atoms in total. The average molecular weight is 328 g/mol. The Hall–Kier alpha value is -2.61. The minimum absolute atomic E-state index is 0.154. The van der Waals surface area contributed by atoms with Gasteiger partial charge in [-0.3, -0.25) is 9.78 Å². The van der Waals surface area contributed by atoms with Gasteiger partial charge < -0.3 is 15.3 Å². The highest BCUT2D eigenvalue weighted by Gasteiger charge is 2.30. The maximum absolute atomic E-state index is 11.8. The summed E-state index contributed by atoms with van der Waals surface area (Å²) in [5.41, 5.74) is 2.43. The van der Waals surface area contributed by atoms with Crippen LogP contribution in [0.3, 0.4) is 0 Å². The van der Waals surface area contributed by atoms with E-state index in [1.165, 1.54) is 0 Å². The van der Waals surface area contributed by atoms with Crippen LogP contribution in [0, 0.1) is 13.8 Å². The normalized spacial score (nSPS) is 17.1. The highest BCUT2D eigenvalue weighted by atomic mass is 16.3. The number of aryl methyl sites for hydroxylation is 2. The van der Waals surface area contributed by atoms with E-state index < -0.39 is 6.61 Å². The van der Waals surface area contributed by atoms with Crippen molar-refractivity contribution in [3.8, 4) is 0 Å². The molecule has 0 aromatic carbocycles. The Morgan fingerprint density at radius 2 is 2.04 bits per heavy atom. The molecular formula is C16H20N6O2. The highest BCUT2D eigenvalue weighted by molar-refractivity contribution is 5.78. The zero-order valence-electron chi connectivity index (χ0n) is 13.7. The Bertz CT molecular complexity index is 731. The number of carbonyl (C=O) groups excluding carboxylic acids is 1. The predicted octanol–water partition coefficient (Wildman–Crippen LogP) is 1.28. The van der Waals surface area contributed by atoms with Crippen molar-refractivity contribution in [3.63, 3.8) is 0 Å². The van der Waals surface area contributed by atoms with Gasteiger partial charge >= 0.3 is 0 Å². The second-order valence-corrected chi connectivity index (χ2v) is 5.83. The van der Waals surface area contributed by atoms with Gasteiger partial charge in [-0.05, 0) is 32.8 Å². The number of hydrogen-bond donors (Lipinski definition) is 2. The Morgan fingerprint density at radius 3 is 2.75 bits per heavy atom. The van der Waals surface area contributed by atoms with Gasteiger partial charge in [0.25, 0.3) is 0 Å². The molecular weight excluding hydrogens is 308 g/mol. The lowest BCUT2D eigenvalue weighted by Gasteiger charge is -2.23. The second-order valence-electron chi connectivity index (χ2n) is 5.83. The third-order valence-electron chi connectivity index (χ3n) is 3.93. The van der Waals surface area contributed by atoms with E-state index in [9.17, 15) is 4.79 Å². The number of aliphatic hydroxyl groups excluding tert-OH is 1. The minimum atomic E-state index is -0.488. The quantitative estimate of drug-likeness (QED) is 0.871. The van der Waals surface area contributed by atoms with Gasteiger partial charge in [0.05, 0.1) is 24.1 Å². The Balaban J connectivity index is 1.82. The molecule has 1 saturated heterocycles. The summed E-state index contributed by atoms with van der Waals surface area (Å²) >= 11 is 0. The third kappa shape index (κ3) is 3.48. The van der Waals surface area contributed by atoms with Gasteiger partial charge in [-0.25, -0.2) is 15.0 Å². The average Bonchev–Trinajstić information content (AvgIpc) is 3.03. The van der Waals surface area contributed by atoms with E-state index in [-0.39, 0.29) is 11.9 Å². The lowest BCUT2D eigenvalue weighted by molar-refractivity contribution is -0.135. The largest absolute Gasteiger partial charge is 0.387 e. The molecule has 0 unspecified atom stereocenters. The summed E-state index contributed by atoms with van der Waals surface area (Å²) in [4.78, 5) is 30.9. The van der Waals surface area contributed by atoms with Crippen molar-refractivity contribution >= 4 is 17.7 Å². The van der Waals surface area contributed by atoms with E-state index in [1.54, 1.807) is 17.3 Å². The van der Waals surface area contributed by atoms with Gasteiger partial charge in [0.15, 0.2) is 5.82 Å². The van der Waals surface area contributed by atoms with Gasteiger partial charge in [0.1, 0.15) is 6.61 Å². The standard InChI is InChI=1S/C16H20N6O2/c1-10-6-11(2)19-16(18-10)21-14-8-17-7-12(20-14)13-4-3-5-22(13)15(24)9-23/h6-8,13,23H,3-5,9H2,1-2H3,(H,18,19,20,21)/t13-/m0/s1. The number of nitrogens with one attached hydrogen (secondary N) is 1. The molecule has 2 aromatic rings. The molecule has 0 radical (unpaired) electrons. The first-order valence-corrected chi connectivity index (χ1v) is 7.88. The fraction of sp³-hybridized carbons (Fsp3) is 0.438. The number of nitrogens with zero attached hydrogens (tertiary/aromatic N) is 5. The van der Waals surface area contributed by atoms with Crippen molar-refractivity contribution in [3.05, 3.63) is 35.5 Å². The van der Waals surface area contributed by atoms with Crippen molar-refractivity contribution in [1.82, 2.24) is 24.8 Å². The first-order chi connectivity index (χ1) is 11.6. The maximum Gasteiger partial charge on any atom is 0.248 e. The summed E-state index contributed by atoms with van der Waals surface area (Å²) in [5.74, 6) is 0.713. The van der Waals surface area contributed by atoms with Crippen LogP contribution in [0.25, 0.3) is 0 Å². The zero-order valence-corrected chi connectivity index (χ0v) is 13.7. The molecule has 0 saturated carbocycles. The lowest BCUT2D eigenvalue weighted by atomic mass is 10.1. The molecule has 0 bridgehead atoms. The summed E-state index contributed by atoms with van der Waals surface area (Å²) in [6.45, 7) is 3.94. The molecule has 1 aliphatic heterocycles. The van der Waals surface area contributed by atoms with Crippen molar-refractivity contribution in [2.75, 3.05) is 18.5 Å². The highest BCUT2D eigenvalue weighted by Crippen LogP contribution is 2.31. The first kappa shape index (κ1) is 16.3. The van der Waals surface area contributed by atoms with Gasteiger partial charge in [0, 0.05) is 17.9 Å². The Labute approximate surface area is 140 Å². The number of amides is 1. The fourth-order valence-corrected chi connectivity index (χ4v) is 2.96. The summed E-state index contributed by atoms with van der Waals surface area (Å²) in [5, 5.41) is 12.2. The number of likely N-dealkylation sites (tertiary alicyclic amines) is 1. The molecule has 2 aromatic heterocycles. The van der Waals surface area contributed by atoms with E-state index in [4.69, 9.17) is 5.11 Å². The second kappa shape index (κ2) is 6.88. The maximum atomic E-state index is 11.8. The monoisotopic (exact) mass is 328 g/mol. The molecule has 1 amide bonds. The number of carbonyl (C=O) groups is 1. The van der Waals surface area contributed by atoms with E-state index in [0.717, 1.165) is 24.2 Å². The van der Waals surface area contributed by atoms with Crippen LogP contribution in [0.15, 0.2) is 18.5 Å².